The molecule has 112 valence electrons. The summed E-state index contributed by atoms with van der Waals surface area (Å²) in [5, 5.41) is 3.28. The van der Waals surface area contributed by atoms with Crippen LogP contribution >= 0.6 is 0 Å². The van der Waals surface area contributed by atoms with Crippen LogP contribution in [0.5, 0.6) is 11.5 Å². The first kappa shape index (κ1) is 16.3. The van der Waals surface area contributed by atoms with E-state index in [0.717, 1.165) is 17.9 Å². The van der Waals surface area contributed by atoms with Gasteiger partial charge in [0.05, 0.1) is 27.2 Å². The fourth-order valence-corrected chi connectivity index (χ4v) is 2.03. The van der Waals surface area contributed by atoms with Gasteiger partial charge in [-0.3, -0.25) is 4.79 Å². The first-order valence-electron chi connectivity index (χ1n) is 6.77. The van der Waals surface area contributed by atoms with Crippen LogP contribution in [0.3, 0.4) is 0 Å². The van der Waals surface area contributed by atoms with Crippen LogP contribution in [-0.2, 0) is 9.53 Å². The Balaban J connectivity index is 2.98. The van der Waals surface area contributed by atoms with Crippen molar-refractivity contribution >= 4 is 5.97 Å². The minimum absolute atomic E-state index is 0.139. The zero-order valence-corrected chi connectivity index (χ0v) is 12.6. The van der Waals surface area contributed by atoms with E-state index in [2.05, 4.69) is 5.32 Å². The average Bonchev–Trinajstić information content (AvgIpc) is 2.46. The zero-order chi connectivity index (χ0) is 15.0. The van der Waals surface area contributed by atoms with Crippen molar-refractivity contribution in [3.8, 4) is 11.5 Å². The minimum Gasteiger partial charge on any atom is -0.497 e. The van der Waals surface area contributed by atoms with Crippen molar-refractivity contribution < 1.29 is 19.0 Å². The molecule has 0 aliphatic rings. The molecule has 0 radical (unpaired) electrons. The zero-order valence-electron chi connectivity index (χ0n) is 12.6. The van der Waals surface area contributed by atoms with Gasteiger partial charge in [-0.15, -0.1) is 0 Å². The summed E-state index contributed by atoms with van der Waals surface area (Å²) in [4.78, 5) is 11.7. The fraction of sp³-hybridized carbons (Fsp3) is 0.533. The third-order valence-electron chi connectivity index (χ3n) is 2.94. The Morgan fingerprint density at radius 2 is 2.00 bits per heavy atom. The van der Waals surface area contributed by atoms with E-state index < -0.39 is 0 Å². The lowest BCUT2D eigenvalue weighted by Crippen LogP contribution is -2.25. The summed E-state index contributed by atoms with van der Waals surface area (Å²) >= 11 is 0. The van der Waals surface area contributed by atoms with Crippen molar-refractivity contribution in [1.82, 2.24) is 5.32 Å². The van der Waals surface area contributed by atoms with Crippen molar-refractivity contribution in [3.63, 3.8) is 0 Å². The van der Waals surface area contributed by atoms with E-state index in [1.165, 1.54) is 0 Å². The molecule has 0 amide bonds. The van der Waals surface area contributed by atoms with Crippen LogP contribution in [-0.4, -0.2) is 33.3 Å². The van der Waals surface area contributed by atoms with Gasteiger partial charge in [0.2, 0.25) is 0 Å². The highest BCUT2D eigenvalue weighted by Gasteiger charge is 2.20. The second-order valence-electron chi connectivity index (χ2n) is 4.23. The molecule has 0 saturated carbocycles. The highest BCUT2D eigenvalue weighted by atomic mass is 16.5. The molecule has 0 bridgehead atoms. The number of carbonyl (C=O) groups excluding carboxylic acids is 1. The molecule has 1 atom stereocenters. The molecule has 0 aliphatic heterocycles. The molecule has 1 N–H and O–H groups in total. The van der Waals surface area contributed by atoms with E-state index in [-0.39, 0.29) is 18.4 Å². The van der Waals surface area contributed by atoms with Gasteiger partial charge in [0.15, 0.2) is 0 Å². The summed E-state index contributed by atoms with van der Waals surface area (Å²) < 4.78 is 15.6. The Morgan fingerprint density at radius 1 is 1.25 bits per heavy atom. The van der Waals surface area contributed by atoms with Crippen molar-refractivity contribution in [2.24, 2.45) is 0 Å². The van der Waals surface area contributed by atoms with Gasteiger partial charge < -0.3 is 19.5 Å². The summed E-state index contributed by atoms with van der Waals surface area (Å²) in [6.07, 6.45) is 0.268. The Morgan fingerprint density at radius 3 is 2.55 bits per heavy atom. The molecule has 0 aliphatic carbocycles. The van der Waals surface area contributed by atoms with Crippen molar-refractivity contribution in [1.29, 1.82) is 0 Å². The van der Waals surface area contributed by atoms with Crippen LogP contribution in [0.15, 0.2) is 18.2 Å². The summed E-state index contributed by atoms with van der Waals surface area (Å²) in [7, 11) is 3.21. The van der Waals surface area contributed by atoms with Gasteiger partial charge in [-0.25, -0.2) is 0 Å². The van der Waals surface area contributed by atoms with E-state index >= 15 is 0 Å². The largest absolute Gasteiger partial charge is 0.497 e. The number of hydrogen-bond donors (Lipinski definition) is 1. The maximum atomic E-state index is 11.7. The van der Waals surface area contributed by atoms with Gasteiger partial charge in [-0.1, -0.05) is 13.0 Å². The van der Waals surface area contributed by atoms with Crippen LogP contribution in [0.4, 0.5) is 0 Å². The second-order valence-corrected chi connectivity index (χ2v) is 4.23. The quantitative estimate of drug-likeness (QED) is 0.741. The number of esters is 1. The normalized spacial score (nSPS) is 11.8. The monoisotopic (exact) mass is 281 g/mol. The Kier molecular flexibility index (Phi) is 6.87. The molecular formula is C15H23NO4. The molecule has 5 nitrogen and oxygen atoms in total. The van der Waals surface area contributed by atoms with E-state index in [9.17, 15) is 4.79 Å². The first-order valence-corrected chi connectivity index (χ1v) is 6.77. The highest BCUT2D eigenvalue weighted by Crippen LogP contribution is 2.31. The van der Waals surface area contributed by atoms with Crippen molar-refractivity contribution in [2.75, 3.05) is 27.4 Å². The third kappa shape index (κ3) is 4.42. The van der Waals surface area contributed by atoms with Crippen LogP contribution < -0.4 is 14.8 Å². The summed E-state index contributed by atoms with van der Waals surface area (Å²) in [5.74, 6) is 1.19. The molecule has 0 saturated heterocycles. The summed E-state index contributed by atoms with van der Waals surface area (Å²) in [6, 6.07) is 5.43. The van der Waals surface area contributed by atoms with Gasteiger partial charge in [0.1, 0.15) is 11.5 Å². The smallest absolute Gasteiger partial charge is 0.307 e. The SMILES string of the molecule is CCNC(CC(=O)OCC)c1ccc(OC)cc1OC. The standard InChI is InChI=1S/C15H23NO4/c1-5-16-13(10-15(17)20-6-2)12-8-7-11(18-3)9-14(12)19-4/h7-9,13,16H,5-6,10H2,1-4H3. The van der Waals surface area contributed by atoms with E-state index in [1.807, 2.05) is 25.1 Å². The first-order chi connectivity index (χ1) is 9.65. The molecule has 20 heavy (non-hydrogen) atoms. The van der Waals surface area contributed by atoms with Crippen molar-refractivity contribution in [2.45, 2.75) is 26.3 Å². The van der Waals surface area contributed by atoms with Crippen LogP contribution in [0.2, 0.25) is 0 Å². The molecular weight excluding hydrogens is 258 g/mol. The molecule has 1 aromatic rings. The molecule has 0 spiro atoms. The minimum atomic E-state index is -0.226. The molecule has 0 aromatic heterocycles. The van der Waals surface area contributed by atoms with E-state index in [4.69, 9.17) is 14.2 Å². The lowest BCUT2D eigenvalue weighted by atomic mass is 10.0. The fourth-order valence-electron chi connectivity index (χ4n) is 2.03. The molecule has 0 fully saturated rings. The molecule has 1 unspecified atom stereocenters. The number of carbonyl (C=O) groups is 1. The number of benzene rings is 1. The number of rotatable bonds is 8. The third-order valence-corrected chi connectivity index (χ3v) is 2.94. The molecule has 0 heterocycles. The topological polar surface area (TPSA) is 56.8 Å². The Bertz CT molecular complexity index is 434. The van der Waals surface area contributed by atoms with Gasteiger partial charge in [-0.05, 0) is 19.5 Å². The van der Waals surface area contributed by atoms with Crippen LogP contribution in [0, 0.1) is 0 Å². The predicted molar refractivity (Wildman–Crippen MR) is 77.2 cm³/mol. The van der Waals surface area contributed by atoms with Crippen LogP contribution in [0.25, 0.3) is 0 Å². The second kappa shape index (κ2) is 8.43. The van der Waals surface area contributed by atoms with Crippen LogP contribution in [0.1, 0.15) is 31.9 Å². The molecule has 1 rings (SSSR count). The van der Waals surface area contributed by atoms with E-state index in [0.29, 0.717) is 12.4 Å². The van der Waals surface area contributed by atoms with Gasteiger partial charge >= 0.3 is 5.97 Å². The maximum absolute atomic E-state index is 11.7. The summed E-state index contributed by atoms with van der Waals surface area (Å²) in [5.41, 5.74) is 0.920. The number of methoxy groups -OCH3 is 2. The van der Waals surface area contributed by atoms with E-state index in [1.54, 1.807) is 21.1 Å². The molecule has 1 aromatic carbocycles. The molecule has 5 heteroatoms. The predicted octanol–water partition coefficient (Wildman–Crippen LogP) is 2.31. The Hall–Kier alpha value is -1.75. The van der Waals surface area contributed by atoms with Crippen molar-refractivity contribution in [3.05, 3.63) is 23.8 Å². The highest BCUT2D eigenvalue weighted by molar-refractivity contribution is 5.70. The summed E-state index contributed by atoms with van der Waals surface area (Å²) in [6.45, 7) is 4.93. The average molecular weight is 281 g/mol. The lowest BCUT2D eigenvalue weighted by molar-refractivity contribution is -0.143. The lowest BCUT2D eigenvalue weighted by Gasteiger charge is -2.20. The number of nitrogens with one attached hydrogen (secondary N) is 1. The van der Waals surface area contributed by atoms with Gasteiger partial charge in [-0.2, -0.15) is 0 Å². The van der Waals surface area contributed by atoms with Gasteiger partial charge in [0.25, 0.3) is 0 Å². The number of hydrogen-bond acceptors (Lipinski definition) is 5. The maximum Gasteiger partial charge on any atom is 0.307 e. The number of ether oxygens (including phenoxy) is 3. The Labute approximate surface area is 120 Å². The van der Waals surface area contributed by atoms with Gasteiger partial charge in [0, 0.05) is 17.7 Å².